The maximum Gasteiger partial charge on any atom is 0.407 e. The molecule has 0 unspecified atom stereocenters. The number of likely N-dealkylation sites (N-methyl/N-ethyl adjacent to an activating group) is 1. The third-order valence-corrected chi connectivity index (χ3v) is 5.75. The van der Waals surface area contributed by atoms with E-state index in [9.17, 15) is 15.0 Å². The lowest BCUT2D eigenvalue weighted by molar-refractivity contribution is -0.0429. The summed E-state index contributed by atoms with van der Waals surface area (Å²) in [7, 11) is 1.81. The normalized spacial score (nSPS) is 22.4. The molecule has 0 spiro atoms. The lowest BCUT2D eigenvalue weighted by Gasteiger charge is -2.22. The molecular weight excluding hydrogens is 442 g/mol. The quantitative estimate of drug-likeness (QED) is 0.357. The Balaban J connectivity index is 1.24. The molecule has 12 heteroatoms. The number of aryl methyl sites for hydroxylation is 1. The van der Waals surface area contributed by atoms with Crippen molar-refractivity contribution in [3.05, 3.63) is 48.0 Å². The molecule has 12 nitrogen and oxygen atoms in total. The molecule has 1 fully saturated rings. The van der Waals surface area contributed by atoms with E-state index in [0.29, 0.717) is 30.8 Å². The largest absolute Gasteiger partial charge is 0.448 e. The first kappa shape index (κ1) is 23.8. The summed E-state index contributed by atoms with van der Waals surface area (Å²) in [5, 5.41) is 23.8. The van der Waals surface area contributed by atoms with Gasteiger partial charge in [0.15, 0.2) is 17.7 Å². The van der Waals surface area contributed by atoms with Crippen molar-refractivity contribution in [3.8, 4) is 0 Å². The van der Waals surface area contributed by atoms with Crippen molar-refractivity contribution in [2.45, 2.75) is 38.0 Å². The highest BCUT2D eigenvalue weighted by Gasteiger charge is 2.44. The van der Waals surface area contributed by atoms with Crippen molar-refractivity contribution >= 4 is 23.1 Å². The number of rotatable bonds is 8. The van der Waals surface area contributed by atoms with Crippen LogP contribution in [0.25, 0.3) is 11.2 Å². The molecule has 1 aliphatic rings. The zero-order valence-electron chi connectivity index (χ0n) is 19.0. The van der Waals surface area contributed by atoms with Gasteiger partial charge in [-0.05, 0) is 19.5 Å². The van der Waals surface area contributed by atoms with Gasteiger partial charge < -0.3 is 35.6 Å². The Kier molecular flexibility index (Phi) is 7.22. The Hall–Kier alpha value is -3.32. The molecule has 3 aromatic rings. The molecule has 0 radical (unpaired) electrons. The van der Waals surface area contributed by atoms with Crippen LogP contribution in [0.5, 0.6) is 0 Å². The number of alkyl carbamates (subject to hydrolysis) is 1. The number of anilines is 1. The van der Waals surface area contributed by atoms with Crippen LogP contribution in [0.3, 0.4) is 0 Å². The van der Waals surface area contributed by atoms with Crippen LogP contribution in [-0.2, 0) is 16.0 Å². The summed E-state index contributed by atoms with van der Waals surface area (Å²) in [4.78, 5) is 26.0. The second kappa shape index (κ2) is 10.3. The molecule has 1 saturated heterocycles. The Morgan fingerprint density at radius 2 is 2.00 bits per heavy atom. The van der Waals surface area contributed by atoms with Crippen LogP contribution < -0.4 is 11.1 Å². The van der Waals surface area contributed by atoms with Crippen LogP contribution in [0.15, 0.2) is 36.9 Å². The predicted octanol–water partition coefficient (Wildman–Crippen LogP) is 0.194. The second-order valence-corrected chi connectivity index (χ2v) is 8.37. The van der Waals surface area contributed by atoms with Gasteiger partial charge in [0.1, 0.15) is 36.8 Å². The first-order valence-corrected chi connectivity index (χ1v) is 10.9. The monoisotopic (exact) mass is 471 g/mol. The summed E-state index contributed by atoms with van der Waals surface area (Å²) in [5.74, 6) is 0.218. The van der Waals surface area contributed by atoms with Crippen LogP contribution in [0, 0.1) is 6.92 Å². The molecule has 3 heterocycles. The minimum Gasteiger partial charge on any atom is -0.448 e. The number of aliphatic hydroxyl groups is 2. The number of hydrogen-bond acceptors (Lipinski definition) is 10. The van der Waals surface area contributed by atoms with E-state index < -0.39 is 30.6 Å². The molecule has 4 atom stereocenters. The number of nitrogens with two attached hydrogens (primary N) is 1. The molecule has 2 aromatic heterocycles. The predicted molar refractivity (Wildman–Crippen MR) is 123 cm³/mol. The Morgan fingerprint density at radius 3 is 2.76 bits per heavy atom. The first-order chi connectivity index (χ1) is 16.3. The maximum absolute atomic E-state index is 11.9. The summed E-state index contributed by atoms with van der Waals surface area (Å²) in [6.07, 6.45) is -1.61. The fourth-order valence-electron chi connectivity index (χ4n) is 3.79. The number of carbonyl (C=O) groups excluding carboxylic acids is 1. The molecule has 0 bridgehead atoms. The molecule has 0 saturated carbocycles. The van der Waals surface area contributed by atoms with Gasteiger partial charge in [-0.15, -0.1) is 0 Å². The standard InChI is InChI=1S/C22H29N7O5/c1-13-3-5-14(6-4-13)9-24-22(32)33-8-7-28(2)10-15-17(30)18(31)21(34-15)29-12-27-16-19(23)25-11-26-20(16)29/h3-6,11-12,15,17-18,21,30-31H,7-10H2,1-2H3,(H,24,32)(H2,23,25,26)/t15-,17-,18-,21-/m1/s1. The second-order valence-electron chi connectivity index (χ2n) is 8.37. The molecular formula is C22H29N7O5. The minimum absolute atomic E-state index is 0.160. The van der Waals surface area contributed by atoms with Crippen LogP contribution in [0.4, 0.5) is 10.6 Å². The van der Waals surface area contributed by atoms with Crippen LogP contribution >= 0.6 is 0 Å². The SMILES string of the molecule is Cc1ccc(CNC(=O)OCCN(C)C[C@H]2O[C@@H](n3cnc4c(N)ncnc43)[C@H](O)[C@@H]2O)cc1. The van der Waals surface area contributed by atoms with Crippen molar-refractivity contribution in [2.75, 3.05) is 32.5 Å². The highest BCUT2D eigenvalue weighted by molar-refractivity contribution is 5.81. The molecule has 4 rings (SSSR count). The van der Waals surface area contributed by atoms with Crippen LogP contribution in [0.2, 0.25) is 0 Å². The molecule has 0 aliphatic carbocycles. The lowest BCUT2D eigenvalue weighted by Crippen LogP contribution is -2.40. The number of aliphatic hydroxyl groups excluding tert-OH is 2. The molecule has 1 aliphatic heterocycles. The van der Waals surface area contributed by atoms with E-state index in [-0.39, 0.29) is 12.4 Å². The fourth-order valence-corrected chi connectivity index (χ4v) is 3.79. The number of benzene rings is 1. The number of aromatic nitrogens is 4. The lowest BCUT2D eigenvalue weighted by atomic mass is 10.1. The van der Waals surface area contributed by atoms with Gasteiger partial charge >= 0.3 is 6.09 Å². The van der Waals surface area contributed by atoms with Crippen molar-refractivity contribution in [1.82, 2.24) is 29.7 Å². The zero-order valence-corrected chi connectivity index (χ0v) is 19.0. The summed E-state index contributed by atoms with van der Waals surface area (Å²) in [5.41, 5.74) is 8.76. The molecule has 5 N–H and O–H groups in total. The average molecular weight is 472 g/mol. The van der Waals surface area contributed by atoms with Crippen LogP contribution in [0.1, 0.15) is 17.4 Å². The van der Waals surface area contributed by atoms with E-state index in [1.54, 1.807) is 0 Å². The minimum atomic E-state index is -1.18. The van der Waals surface area contributed by atoms with Crippen molar-refractivity contribution in [1.29, 1.82) is 0 Å². The highest BCUT2D eigenvalue weighted by atomic mass is 16.6. The van der Waals surface area contributed by atoms with E-state index in [0.717, 1.165) is 11.1 Å². The molecule has 34 heavy (non-hydrogen) atoms. The summed E-state index contributed by atoms with van der Waals surface area (Å²) < 4.78 is 12.7. The summed E-state index contributed by atoms with van der Waals surface area (Å²) >= 11 is 0. The molecule has 182 valence electrons. The third kappa shape index (κ3) is 5.25. The number of ether oxygens (including phenoxy) is 2. The number of carbonyl (C=O) groups is 1. The number of fused-ring (bicyclic) bond motifs is 1. The van der Waals surface area contributed by atoms with Crippen molar-refractivity contribution in [2.24, 2.45) is 0 Å². The summed E-state index contributed by atoms with van der Waals surface area (Å²) in [6.45, 7) is 3.28. The van der Waals surface area contributed by atoms with E-state index >= 15 is 0 Å². The highest BCUT2D eigenvalue weighted by Crippen LogP contribution is 2.32. The van der Waals surface area contributed by atoms with Gasteiger partial charge in [0.25, 0.3) is 0 Å². The van der Waals surface area contributed by atoms with Gasteiger partial charge in [0, 0.05) is 19.6 Å². The number of nitrogen functional groups attached to an aromatic ring is 1. The smallest absolute Gasteiger partial charge is 0.407 e. The first-order valence-electron chi connectivity index (χ1n) is 10.9. The van der Waals surface area contributed by atoms with E-state index in [2.05, 4.69) is 20.3 Å². The van der Waals surface area contributed by atoms with Gasteiger partial charge in [-0.2, -0.15) is 0 Å². The van der Waals surface area contributed by atoms with Gasteiger partial charge in [-0.3, -0.25) is 4.57 Å². The number of hydrogen-bond donors (Lipinski definition) is 4. The number of nitrogens with zero attached hydrogens (tertiary/aromatic N) is 5. The zero-order chi connectivity index (χ0) is 24.2. The van der Waals surface area contributed by atoms with Gasteiger partial charge in [0.05, 0.1) is 6.33 Å². The average Bonchev–Trinajstić information content (AvgIpc) is 3.36. The maximum atomic E-state index is 11.9. The van der Waals surface area contributed by atoms with E-state index in [1.165, 1.54) is 17.2 Å². The van der Waals surface area contributed by atoms with Crippen molar-refractivity contribution in [3.63, 3.8) is 0 Å². The fraction of sp³-hybridized carbons (Fsp3) is 0.455. The Labute approximate surface area is 196 Å². The molecule has 1 amide bonds. The van der Waals surface area contributed by atoms with Gasteiger partial charge in [0.2, 0.25) is 0 Å². The third-order valence-electron chi connectivity index (χ3n) is 5.75. The van der Waals surface area contributed by atoms with Crippen molar-refractivity contribution < 1.29 is 24.5 Å². The topological polar surface area (TPSA) is 161 Å². The summed E-state index contributed by atoms with van der Waals surface area (Å²) in [6, 6.07) is 7.87. The van der Waals surface area contributed by atoms with Gasteiger partial charge in [-0.1, -0.05) is 29.8 Å². The van der Waals surface area contributed by atoms with E-state index in [1.807, 2.05) is 43.1 Å². The van der Waals surface area contributed by atoms with Gasteiger partial charge in [-0.25, -0.2) is 19.7 Å². The number of amides is 1. The van der Waals surface area contributed by atoms with Crippen LogP contribution in [-0.4, -0.2) is 85.8 Å². The molecule has 1 aromatic carbocycles. The Morgan fingerprint density at radius 1 is 1.24 bits per heavy atom. The van der Waals surface area contributed by atoms with E-state index in [4.69, 9.17) is 15.2 Å². The number of imidazole rings is 1. The Bertz CT molecular complexity index is 1120. The number of nitrogens with one attached hydrogen (secondary N) is 1.